The van der Waals surface area contributed by atoms with E-state index in [-0.39, 0.29) is 0 Å². The van der Waals surface area contributed by atoms with E-state index in [1.54, 1.807) is 0 Å². The lowest BCUT2D eigenvalue weighted by Crippen LogP contribution is -2.50. The Kier molecular flexibility index (Phi) is 5.89. The molecular formula is C18H31N5O. The summed E-state index contributed by atoms with van der Waals surface area (Å²) in [5.41, 5.74) is 0. The summed E-state index contributed by atoms with van der Waals surface area (Å²) in [6, 6.07) is 0. The van der Waals surface area contributed by atoms with E-state index in [1.807, 2.05) is 11.1 Å². The maximum absolute atomic E-state index is 12.2. The van der Waals surface area contributed by atoms with Crippen molar-refractivity contribution >= 4 is 5.91 Å². The van der Waals surface area contributed by atoms with Crippen LogP contribution in [-0.4, -0.2) is 82.5 Å². The third-order valence-electron chi connectivity index (χ3n) is 5.20. The fraction of sp³-hybridized carbons (Fsp3) is 0.778. The second-order valence-corrected chi connectivity index (χ2v) is 7.34. The van der Waals surface area contributed by atoms with Crippen LogP contribution >= 0.6 is 0 Å². The minimum Gasteiger partial charge on any atom is -0.342 e. The zero-order valence-electron chi connectivity index (χ0n) is 15.2. The van der Waals surface area contributed by atoms with Crippen molar-refractivity contribution in [3.8, 4) is 0 Å². The van der Waals surface area contributed by atoms with Gasteiger partial charge in [0.1, 0.15) is 5.82 Å². The van der Waals surface area contributed by atoms with Gasteiger partial charge in [-0.05, 0) is 12.8 Å². The molecule has 0 unspecified atom stereocenters. The van der Waals surface area contributed by atoms with E-state index in [1.165, 1.54) is 18.7 Å². The maximum Gasteiger partial charge on any atom is 0.236 e. The fourth-order valence-corrected chi connectivity index (χ4v) is 3.69. The molecule has 2 aliphatic heterocycles. The molecule has 0 radical (unpaired) electrons. The van der Waals surface area contributed by atoms with Crippen LogP contribution in [0.1, 0.15) is 38.4 Å². The molecule has 0 aliphatic carbocycles. The van der Waals surface area contributed by atoms with Crippen molar-refractivity contribution in [1.29, 1.82) is 0 Å². The summed E-state index contributed by atoms with van der Waals surface area (Å²) in [7, 11) is 0. The summed E-state index contributed by atoms with van der Waals surface area (Å²) in [4.78, 5) is 23.5. The highest BCUT2D eigenvalue weighted by atomic mass is 16.2. The van der Waals surface area contributed by atoms with E-state index in [2.05, 4.69) is 39.4 Å². The molecule has 1 amide bonds. The van der Waals surface area contributed by atoms with E-state index in [9.17, 15) is 4.79 Å². The Balaban J connectivity index is 1.39. The lowest BCUT2D eigenvalue weighted by atomic mass is 10.2. The van der Waals surface area contributed by atoms with Crippen LogP contribution in [0.2, 0.25) is 0 Å². The first-order valence-corrected chi connectivity index (χ1v) is 9.37. The molecule has 2 saturated heterocycles. The lowest BCUT2D eigenvalue weighted by Gasteiger charge is -2.35. The SMILES string of the molecule is CC(C)c1nccn1CCN1CCN(CC(=O)N2CCCC2)CC1. The van der Waals surface area contributed by atoms with E-state index >= 15 is 0 Å². The Bertz CT molecular complexity index is 527. The van der Waals surface area contributed by atoms with Crippen LogP contribution in [0.4, 0.5) is 0 Å². The van der Waals surface area contributed by atoms with Crippen molar-refractivity contribution in [2.75, 3.05) is 52.4 Å². The number of hydrogen-bond acceptors (Lipinski definition) is 4. The first kappa shape index (κ1) is 17.4. The average Bonchev–Trinajstić information content (AvgIpc) is 3.26. The van der Waals surface area contributed by atoms with Crippen LogP contribution in [-0.2, 0) is 11.3 Å². The zero-order valence-corrected chi connectivity index (χ0v) is 15.2. The Hall–Kier alpha value is -1.40. The van der Waals surface area contributed by atoms with Crippen molar-refractivity contribution in [2.45, 2.75) is 39.2 Å². The molecular weight excluding hydrogens is 302 g/mol. The van der Waals surface area contributed by atoms with Crippen molar-refractivity contribution in [3.05, 3.63) is 18.2 Å². The Morgan fingerprint density at radius 3 is 2.38 bits per heavy atom. The van der Waals surface area contributed by atoms with Gasteiger partial charge in [-0.1, -0.05) is 13.8 Å². The number of hydrogen-bond donors (Lipinski definition) is 0. The third kappa shape index (κ3) is 4.36. The van der Waals surface area contributed by atoms with Gasteiger partial charge in [-0.2, -0.15) is 0 Å². The number of likely N-dealkylation sites (tertiary alicyclic amines) is 1. The summed E-state index contributed by atoms with van der Waals surface area (Å²) >= 11 is 0. The van der Waals surface area contributed by atoms with Gasteiger partial charge in [-0.25, -0.2) is 4.98 Å². The molecule has 6 nitrogen and oxygen atoms in total. The summed E-state index contributed by atoms with van der Waals surface area (Å²) in [6.07, 6.45) is 6.33. The van der Waals surface area contributed by atoms with Crippen molar-refractivity contribution < 1.29 is 4.79 Å². The largest absolute Gasteiger partial charge is 0.342 e. The molecule has 2 fully saturated rings. The molecule has 24 heavy (non-hydrogen) atoms. The second kappa shape index (κ2) is 8.12. The summed E-state index contributed by atoms with van der Waals surface area (Å²) in [6.45, 7) is 13.1. The monoisotopic (exact) mass is 333 g/mol. The number of carbonyl (C=O) groups excluding carboxylic acids is 1. The number of amides is 1. The van der Waals surface area contributed by atoms with E-state index < -0.39 is 0 Å². The standard InChI is InChI=1S/C18H31N5O/c1-16(2)18-19-5-8-23(18)14-13-20-9-11-21(12-10-20)15-17(24)22-6-3-4-7-22/h5,8,16H,3-4,6-7,9-15H2,1-2H3. The summed E-state index contributed by atoms with van der Waals surface area (Å²) in [5.74, 6) is 1.96. The number of carbonyl (C=O) groups is 1. The van der Waals surface area contributed by atoms with Gasteiger partial charge >= 0.3 is 0 Å². The number of aromatic nitrogens is 2. The third-order valence-corrected chi connectivity index (χ3v) is 5.20. The van der Waals surface area contributed by atoms with E-state index in [0.717, 1.165) is 52.4 Å². The van der Waals surface area contributed by atoms with Gasteiger partial charge < -0.3 is 9.47 Å². The quantitative estimate of drug-likeness (QED) is 0.786. The fourth-order valence-electron chi connectivity index (χ4n) is 3.69. The molecule has 3 rings (SSSR count). The van der Waals surface area contributed by atoms with Crippen molar-refractivity contribution in [2.24, 2.45) is 0 Å². The number of rotatable bonds is 6. The highest BCUT2D eigenvalue weighted by molar-refractivity contribution is 5.78. The average molecular weight is 333 g/mol. The summed E-state index contributed by atoms with van der Waals surface area (Å²) in [5, 5.41) is 0. The molecule has 3 heterocycles. The smallest absolute Gasteiger partial charge is 0.236 e. The van der Waals surface area contributed by atoms with E-state index in [4.69, 9.17) is 0 Å². The van der Waals surface area contributed by atoms with Crippen LogP contribution in [0.25, 0.3) is 0 Å². The Morgan fingerprint density at radius 2 is 1.71 bits per heavy atom. The molecule has 0 saturated carbocycles. The second-order valence-electron chi connectivity index (χ2n) is 7.34. The predicted molar refractivity (Wildman–Crippen MR) is 95.0 cm³/mol. The Morgan fingerprint density at radius 1 is 1.04 bits per heavy atom. The minimum atomic E-state index is 0.320. The van der Waals surface area contributed by atoms with Gasteiger partial charge in [0.05, 0.1) is 6.54 Å². The normalized spacial score (nSPS) is 20.2. The van der Waals surface area contributed by atoms with Crippen LogP contribution in [0.3, 0.4) is 0 Å². The number of nitrogens with zero attached hydrogens (tertiary/aromatic N) is 5. The molecule has 0 bridgehead atoms. The van der Waals surface area contributed by atoms with Gasteiger partial charge in [-0.3, -0.25) is 14.6 Å². The minimum absolute atomic E-state index is 0.320. The van der Waals surface area contributed by atoms with Gasteiger partial charge in [0.25, 0.3) is 0 Å². The molecule has 1 aromatic rings. The van der Waals surface area contributed by atoms with Gasteiger partial charge in [-0.15, -0.1) is 0 Å². The first-order chi connectivity index (χ1) is 11.6. The molecule has 0 spiro atoms. The Labute approximate surface area is 145 Å². The highest BCUT2D eigenvalue weighted by Gasteiger charge is 2.23. The predicted octanol–water partition coefficient (Wildman–Crippen LogP) is 1.25. The molecule has 134 valence electrons. The topological polar surface area (TPSA) is 44.6 Å². The van der Waals surface area contributed by atoms with Gasteiger partial charge in [0.15, 0.2) is 0 Å². The number of imidazole rings is 1. The van der Waals surface area contributed by atoms with Crippen LogP contribution in [0, 0.1) is 0 Å². The van der Waals surface area contributed by atoms with Crippen molar-refractivity contribution in [1.82, 2.24) is 24.3 Å². The molecule has 0 N–H and O–H groups in total. The molecule has 0 aromatic carbocycles. The first-order valence-electron chi connectivity index (χ1n) is 9.37. The van der Waals surface area contributed by atoms with Crippen LogP contribution in [0.5, 0.6) is 0 Å². The molecule has 6 heteroatoms. The van der Waals surface area contributed by atoms with Gasteiger partial charge in [0.2, 0.25) is 5.91 Å². The highest BCUT2D eigenvalue weighted by Crippen LogP contribution is 2.12. The maximum atomic E-state index is 12.2. The molecule has 1 aromatic heterocycles. The van der Waals surface area contributed by atoms with E-state index in [0.29, 0.717) is 18.4 Å². The van der Waals surface area contributed by atoms with Crippen LogP contribution < -0.4 is 0 Å². The lowest BCUT2D eigenvalue weighted by molar-refractivity contribution is -0.131. The molecule has 0 atom stereocenters. The van der Waals surface area contributed by atoms with Crippen molar-refractivity contribution in [3.63, 3.8) is 0 Å². The summed E-state index contributed by atoms with van der Waals surface area (Å²) < 4.78 is 2.27. The van der Waals surface area contributed by atoms with Crippen LogP contribution in [0.15, 0.2) is 12.4 Å². The van der Waals surface area contributed by atoms with Gasteiger partial charge in [0, 0.05) is 70.7 Å². The number of piperazine rings is 1. The molecule has 2 aliphatic rings. The zero-order chi connectivity index (χ0) is 16.9.